The highest BCUT2D eigenvalue weighted by Crippen LogP contribution is 2.31. The highest BCUT2D eigenvalue weighted by atomic mass is 32.2. The Morgan fingerprint density at radius 2 is 2.05 bits per heavy atom. The monoisotopic (exact) mass is 324 g/mol. The third kappa shape index (κ3) is 6.19. The van der Waals surface area contributed by atoms with Crippen LogP contribution >= 0.6 is 11.8 Å². The van der Waals surface area contributed by atoms with Crippen molar-refractivity contribution in [3.63, 3.8) is 0 Å². The Morgan fingerprint density at radius 3 is 2.68 bits per heavy atom. The van der Waals surface area contributed by atoms with E-state index in [1.165, 1.54) is 11.8 Å². The fourth-order valence-electron chi connectivity index (χ4n) is 2.30. The summed E-state index contributed by atoms with van der Waals surface area (Å²) in [6.07, 6.45) is 9.22. The first-order chi connectivity index (χ1) is 10.6. The van der Waals surface area contributed by atoms with Gasteiger partial charge in [-0.2, -0.15) is 0 Å². The topological polar surface area (TPSA) is 18.5 Å². The molecule has 1 aromatic carbocycles. The predicted molar refractivity (Wildman–Crippen MR) is 90.9 cm³/mol. The van der Waals surface area contributed by atoms with E-state index in [2.05, 4.69) is 19.0 Å². The molecule has 0 aliphatic rings. The SMILES string of the molecule is COC#CCCCC(C)CCc1cc(OC)c(SC)cc1F. The molecular formula is C18H25FO2S. The van der Waals surface area contributed by atoms with E-state index in [1.807, 2.05) is 12.3 Å². The molecule has 0 radical (unpaired) electrons. The molecule has 2 nitrogen and oxygen atoms in total. The maximum atomic E-state index is 14.1. The van der Waals surface area contributed by atoms with E-state index in [-0.39, 0.29) is 5.82 Å². The number of benzene rings is 1. The Kier molecular flexibility index (Phi) is 8.84. The van der Waals surface area contributed by atoms with E-state index in [0.717, 1.165) is 48.3 Å². The molecule has 0 saturated carbocycles. The zero-order valence-electron chi connectivity index (χ0n) is 13.9. The van der Waals surface area contributed by atoms with Crippen LogP contribution in [0.4, 0.5) is 4.39 Å². The second kappa shape index (κ2) is 10.4. The minimum atomic E-state index is -0.136. The number of aryl methyl sites for hydroxylation is 1. The van der Waals surface area contributed by atoms with E-state index >= 15 is 0 Å². The van der Waals surface area contributed by atoms with Crippen LogP contribution in [-0.2, 0) is 11.2 Å². The third-order valence-electron chi connectivity index (χ3n) is 3.63. The van der Waals surface area contributed by atoms with E-state index in [4.69, 9.17) is 9.47 Å². The van der Waals surface area contributed by atoms with Gasteiger partial charge < -0.3 is 9.47 Å². The summed E-state index contributed by atoms with van der Waals surface area (Å²) in [5.41, 5.74) is 0.737. The van der Waals surface area contributed by atoms with Gasteiger partial charge in [0.2, 0.25) is 0 Å². The highest BCUT2D eigenvalue weighted by Gasteiger charge is 2.11. The fraction of sp³-hybridized carbons (Fsp3) is 0.556. The maximum absolute atomic E-state index is 14.1. The molecule has 1 aromatic rings. The predicted octanol–water partition coefficient (Wildman–Crippen LogP) is 4.90. The molecule has 0 heterocycles. The first-order valence-corrected chi connectivity index (χ1v) is 8.76. The van der Waals surface area contributed by atoms with Gasteiger partial charge in [-0.05, 0) is 55.6 Å². The summed E-state index contributed by atoms with van der Waals surface area (Å²) in [6, 6.07) is 3.40. The second-order valence-corrected chi connectivity index (χ2v) is 6.17. The van der Waals surface area contributed by atoms with E-state index in [9.17, 15) is 4.39 Å². The zero-order valence-corrected chi connectivity index (χ0v) is 14.7. The molecule has 0 spiro atoms. The first-order valence-electron chi connectivity index (χ1n) is 7.53. The molecular weight excluding hydrogens is 299 g/mol. The molecule has 0 aliphatic carbocycles. The van der Waals surface area contributed by atoms with Crippen molar-refractivity contribution in [2.24, 2.45) is 5.92 Å². The standard InChI is InChI=1S/C18H25FO2S/c1-14(8-6-5-7-11-20-2)9-10-15-12-17(21-3)18(22-4)13-16(15)19/h12-14H,5-6,8-10H2,1-4H3. The van der Waals surface area contributed by atoms with Crippen LogP contribution in [0, 0.1) is 23.8 Å². The average Bonchev–Trinajstić information content (AvgIpc) is 2.53. The Balaban J connectivity index is 2.50. The van der Waals surface area contributed by atoms with Crippen molar-refractivity contribution in [1.82, 2.24) is 0 Å². The molecule has 0 fully saturated rings. The molecule has 22 heavy (non-hydrogen) atoms. The molecule has 0 aliphatic heterocycles. The van der Waals surface area contributed by atoms with Gasteiger partial charge in [-0.3, -0.25) is 0 Å². The lowest BCUT2D eigenvalue weighted by atomic mass is 9.96. The number of thioether (sulfide) groups is 1. The lowest BCUT2D eigenvalue weighted by Crippen LogP contribution is -2.00. The lowest BCUT2D eigenvalue weighted by molar-refractivity contribution is 0.371. The van der Waals surface area contributed by atoms with Crippen LogP contribution in [0.5, 0.6) is 5.75 Å². The minimum absolute atomic E-state index is 0.136. The number of halogens is 1. The van der Waals surface area contributed by atoms with Crippen LogP contribution in [-0.4, -0.2) is 20.5 Å². The summed E-state index contributed by atoms with van der Waals surface area (Å²) in [7, 11) is 3.20. The van der Waals surface area contributed by atoms with Gasteiger partial charge in [0, 0.05) is 6.42 Å². The largest absolute Gasteiger partial charge is 0.496 e. The van der Waals surface area contributed by atoms with Crippen molar-refractivity contribution in [3.8, 4) is 17.8 Å². The third-order valence-corrected chi connectivity index (χ3v) is 4.39. The Labute approximate surface area is 137 Å². The molecule has 0 aromatic heterocycles. The van der Waals surface area contributed by atoms with Crippen molar-refractivity contribution in [2.45, 2.75) is 43.9 Å². The van der Waals surface area contributed by atoms with Gasteiger partial charge in [0.1, 0.15) is 17.7 Å². The van der Waals surface area contributed by atoms with Gasteiger partial charge in [0.05, 0.1) is 19.1 Å². The molecule has 0 amide bonds. The van der Waals surface area contributed by atoms with Crippen LogP contribution in [0.2, 0.25) is 0 Å². The zero-order chi connectivity index (χ0) is 16.4. The van der Waals surface area contributed by atoms with E-state index < -0.39 is 0 Å². The van der Waals surface area contributed by atoms with Gasteiger partial charge in [-0.25, -0.2) is 4.39 Å². The molecule has 0 N–H and O–H groups in total. The highest BCUT2D eigenvalue weighted by molar-refractivity contribution is 7.98. The van der Waals surface area contributed by atoms with Crippen molar-refractivity contribution in [2.75, 3.05) is 20.5 Å². The van der Waals surface area contributed by atoms with Gasteiger partial charge in [0.15, 0.2) is 0 Å². The Hall–Kier alpha value is -1.34. The van der Waals surface area contributed by atoms with Crippen LogP contribution in [0.15, 0.2) is 17.0 Å². The molecule has 0 bridgehead atoms. The van der Waals surface area contributed by atoms with Crippen LogP contribution in [0.1, 0.15) is 38.2 Å². The van der Waals surface area contributed by atoms with Crippen molar-refractivity contribution < 1.29 is 13.9 Å². The summed E-state index contributed by atoms with van der Waals surface area (Å²) in [6.45, 7) is 2.20. The van der Waals surface area contributed by atoms with Gasteiger partial charge in [-0.15, -0.1) is 11.8 Å². The van der Waals surface area contributed by atoms with Gasteiger partial charge in [0.25, 0.3) is 0 Å². The Morgan fingerprint density at radius 1 is 1.27 bits per heavy atom. The van der Waals surface area contributed by atoms with Crippen molar-refractivity contribution in [3.05, 3.63) is 23.5 Å². The summed E-state index contributed by atoms with van der Waals surface area (Å²) >= 11 is 1.50. The lowest BCUT2D eigenvalue weighted by Gasteiger charge is -2.13. The second-order valence-electron chi connectivity index (χ2n) is 5.32. The summed E-state index contributed by atoms with van der Waals surface area (Å²) in [5.74, 6) is 4.12. The molecule has 1 atom stereocenters. The Bertz CT molecular complexity index is 520. The molecule has 4 heteroatoms. The first kappa shape index (κ1) is 18.7. The number of hydrogen-bond donors (Lipinski definition) is 0. The molecule has 1 rings (SSSR count). The summed E-state index contributed by atoms with van der Waals surface area (Å²) in [5, 5.41) is 0. The molecule has 122 valence electrons. The van der Waals surface area contributed by atoms with Crippen LogP contribution in [0.3, 0.4) is 0 Å². The quantitative estimate of drug-likeness (QED) is 0.385. The number of rotatable bonds is 8. The maximum Gasteiger partial charge on any atom is 0.132 e. The number of hydrogen-bond acceptors (Lipinski definition) is 3. The number of unbranched alkanes of at least 4 members (excludes halogenated alkanes) is 1. The van der Waals surface area contributed by atoms with Crippen LogP contribution in [0.25, 0.3) is 0 Å². The normalized spacial score (nSPS) is 11.5. The van der Waals surface area contributed by atoms with Crippen molar-refractivity contribution >= 4 is 11.8 Å². The average molecular weight is 324 g/mol. The summed E-state index contributed by atoms with van der Waals surface area (Å²) < 4.78 is 24.1. The number of ether oxygens (including phenoxy) is 2. The minimum Gasteiger partial charge on any atom is -0.496 e. The number of methoxy groups -OCH3 is 2. The van der Waals surface area contributed by atoms with Crippen LogP contribution < -0.4 is 4.74 Å². The van der Waals surface area contributed by atoms with Gasteiger partial charge >= 0.3 is 0 Å². The van der Waals surface area contributed by atoms with Crippen molar-refractivity contribution in [1.29, 1.82) is 0 Å². The van der Waals surface area contributed by atoms with E-state index in [1.54, 1.807) is 20.3 Å². The van der Waals surface area contributed by atoms with Gasteiger partial charge in [-0.1, -0.05) is 12.8 Å². The smallest absolute Gasteiger partial charge is 0.132 e. The summed E-state index contributed by atoms with van der Waals surface area (Å²) in [4.78, 5) is 0.841. The fourth-order valence-corrected chi connectivity index (χ4v) is 2.86. The molecule has 1 unspecified atom stereocenters. The molecule has 0 saturated heterocycles. The van der Waals surface area contributed by atoms with E-state index in [0.29, 0.717) is 5.92 Å².